The monoisotopic (exact) mass is 418 g/mol. The highest BCUT2D eigenvalue weighted by molar-refractivity contribution is 5.85. The average molecular weight is 419 g/mol. The second-order valence-electron chi connectivity index (χ2n) is 8.05. The number of benzene rings is 1. The van der Waals surface area contributed by atoms with Gasteiger partial charge in [0.2, 0.25) is 5.91 Å². The van der Waals surface area contributed by atoms with Crippen molar-refractivity contribution in [2.24, 2.45) is 18.9 Å². The smallest absolute Gasteiger partial charge is 0.225 e. The lowest BCUT2D eigenvalue weighted by Crippen LogP contribution is -2.37. The lowest BCUT2D eigenvalue weighted by molar-refractivity contribution is -0.125. The zero-order valence-electron chi connectivity index (χ0n) is 16.5. The van der Waals surface area contributed by atoms with E-state index in [0.717, 1.165) is 42.0 Å². The number of carbonyl (C=O) groups excluding carboxylic acids is 1. The van der Waals surface area contributed by atoms with Crippen molar-refractivity contribution >= 4 is 18.3 Å². The molecule has 2 aromatic rings. The fraction of sp³-hybridized carbons (Fsp3) is 0.524. The molecule has 156 valence electrons. The van der Waals surface area contributed by atoms with Crippen LogP contribution >= 0.6 is 12.4 Å². The van der Waals surface area contributed by atoms with Gasteiger partial charge in [-0.15, -0.1) is 12.4 Å². The van der Waals surface area contributed by atoms with Crippen LogP contribution in [0.5, 0.6) is 11.5 Å². The van der Waals surface area contributed by atoms with E-state index in [4.69, 9.17) is 9.47 Å². The summed E-state index contributed by atoms with van der Waals surface area (Å²) in [5.41, 5.74) is 2.22. The highest BCUT2D eigenvalue weighted by Crippen LogP contribution is 2.43. The normalized spacial score (nSPS) is 23.9. The van der Waals surface area contributed by atoms with Crippen LogP contribution < -0.4 is 20.1 Å². The maximum Gasteiger partial charge on any atom is 0.225 e. The van der Waals surface area contributed by atoms with Gasteiger partial charge >= 0.3 is 0 Å². The van der Waals surface area contributed by atoms with Crippen LogP contribution in [-0.2, 0) is 11.8 Å². The highest BCUT2D eigenvalue weighted by Gasteiger charge is 2.39. The van der Waals surface area contributed by atoms with E-state index in [9.17, 15) is 4.79 Å². The average Bonchev–Trinajstić information content (AvgIpc) is 3.26. The number of nitrogens with one attached hydrogen (secondary N) is 2. The van der Waals surface area contributed by atoms with Crippen LogP contribution in [-0.4, -0.2) is 42.0 Å². The Bertz CT molecular complexity index is 883. The number of hydrogen-bond donors (Lipinski definition) is 2. The Morgan fingerprint density at radius 2 is 2.03 bits per heavy atom. The SMILES string of the molecule is Cl.Cn1cc([C@H]2CNC[C@@H]2C(=O)NC(c2ccc3c(c2)OCCO3)C2CC2)cn1. The summed E-state index contributed by atoms with van der Waals surface area (Å²) in [6.45, 7) is 2.66. The molecular weight excluding hydrogens is 392 g/mol. The van der Waals surface area contributed by atoms with Gasteiger partial charge in [0.1, 0.15) is 13.2 Å². The molecule has 1 amide bonds. The van der Waals surface area contributed by atoms with Gasteiger partial charge < -0.3 is 20.1 Å². The molecule has 3 atom stereocenters. The van der Waals surface area contributed by atoms with Crippen LogP contribution in [0.25, 0.3) is 0 Å². The van der Waals surface area contributed by atoms with Gasteiger partial charge in [0.25, 0.3) is 0 Å². The van der Waals surface area contributed by atoms with E-state index in [-0.39, 0.29) is 36.2 Å². The molecule has 1 unspecified atom stereocenters. The summed E-state index contributed by atoms with van der Waals surface area (Å²) in [6, 6.07) is 6.07. The van der Waals surface area contributed by atoms with E-state index in [1.54, 1.807) is 4.68 Å². The van der Waals surface area contributed by atoms with Crippen LogP contribution in [0.3, 0.4) is 0 Å². The number of fused-ring (bicyclic) bond motifs is 1. The van der Waals surface area contributed by atoms with Crippen molar-refractivity contribution < 1.29 is 14.3 Å². The summed E-state index contributed by atoms with van der Waals surface area (Å²) in [6.07, 6.45) is 6.18. The molecular formula is C21H27ClN4O3. The Kier molecular flexibility index (Phi) is 5.69. The van der Waals surface area contributed by atoms with Crippen LogP contribution in [0.4, 0.5) is 0 Å². The minimum absolute atomic E-state index is 0. The van der Waals surface area contributed by atoms with Crippen molar-refractivity contribution in [3.63, 3.8) is 0 Å². The van der Waals surface area contributed by atoms with Gasteiger partial charge in [-0.05, 0) is 42.0 Å². The number of halogens is 1. The van der Waals surface area contributed by atoms with Gasteiger partial charge in [0.15, 0.2) is 11.5 Å². The Balaban J connectivity index is 0.00000205. The number of rotatable bonds is 5. The molecule has 1 aromatic heterocycles. The molecule has 29 heavy (non-hydrogen) atoms. The summed E-state index contributed by atoms with van der Waals surface area (Å²) >= 11 is 0. The number of hydrogen-bond acceptors (Lipinski definition) is 5. The minimum Gasteiger partial charge on any atom is -0.486 e. The molecule has 3 heterocycles. The zero-order valence-corrected chi connectivity index (χ0v) is 17.3. The first-order chi connectivity index (χ1) is 13.7. The molecule has 7 nitrogen and oxygen atoms in total. The van der Waals surface area contributed by atoms with Gasteiger partial charge in [0, 0.05) is 32.3 Å². The van der Waals surface area contributed by atoms with Gasteiger partial charge in [-0.25, -0.2) is 0 Å². The summed E-state index contributed by atoms with van der Waals surface area (Å²) in [5, 5.41) is 11.0. The fourth-order valence-corrected chi connectivity index (χ4v) is 4.35. The van der Waals surface area contributed by atoms with Crippen LogP contribution in [0.2, 0.25) is 0 Å². The number of ether oxygens (including phenoxy) is 2. The van der Waals surface area contributed by atoms with Crippen molar-refractivity contribution in [3.05, 3.63) is 41.7 Å². The number of amides is 1. The van der Waals surface area contributed by atoms with Crippen LogP contribution in [0.1, 0.15) is 35.9 Å². The fourth-order valence-electron chi connectivity index (χ4n) is 4.35. The Morgan fingerprint density at radius 3 is 2.76 bits per heavy atom. The van der Waals surface area contributed by atoms with E-state index >= 15 is 0 Å². The molecule has 1 saturated heterocycles. The molecule has 3 aliphatic rings. The lowest BCUT2D eigenvalue weighted by atomic mass is 9.89. The van der Waals surface area contributed by atoms with Crippen molar-refractivity contribution in [3.8, 4) is 11.5 Å². The molecule has 1 aromatic carbocycles. The Morgan fingerprint density at radius 1 is 1.24 bits per heavy atom. The second kappa shape index (κ2) is 8.24. The van der Waals surface area contributed by atoms with E-state index in [2.05, 4.69) is 21.8 Å². The number of nitrogens with zero attached hydrogens (tertiary/aromatic N) is 2. The first-order valence-corrected chi connectivity index (χ1v) is 10.1. The van der Waals surface area contributed by atoms with Gasteiger partial charge in [-0.3, -0.25) is 9.48 Å². The van der Waals surface area contributed by atoms with E-state index in [0.29, 0.717) is 25.7 Å². The predicted octanol–water partition coefficient (Wildman–Crippen LogP) is 2.18. The third-order valence-corrected chi connectivity index (χ3v) is 6.02. The third-order valence-electron chi connectivity index (χ3n) is 6.02. The van der Waals surface area contributed by atoms with Crippen molar-refractivity contribution in [1.29, 1.82) is 0 Å². The maximum absolute atomic E-state index is 13.2. The third kappa shape index (κ3) is 4.07. The van der Waals surface area contributed by atoms with Crippen molar-refractivity contribution in [2.75, 3.05) is 26.3 Å². The van der Waals surface area contributed by atoms with Gasteiger partial charge in [-0.1, -0.05) is 6.07 Å². The van der Waals surface area contributed by atoms with Gasteiger partial charge in [-0.2, -0.15) is 5.10 Å². The second-order valence-corrected chi connectivity index (χ2v) is 8.05. The zero-order chi connectivity index (χ0) is 19.1. The molecule has 2 N–H and O–H groups in total. The molecule has 1 saturated carbocycles. The summed E-state index contributed by atoms with van der Waals surface area (Å²) in [7, 11) is 1.91. The number of aryl methyl sites for hydroxylation is 1. The van der Waals surface area contributed by atoms with Gasteiger partial charge in [0.05, 0.1) is 18.2 Å². The number of carbonyl (C=O) groups is 1. The van der Waals surface area contributed by atoms with Crippen LogP contribution in [0, 0.1) is 11.8 Å². The molecule has 0 radical (unpaired) electrons. The maximum atomic E-state index is 13.2. The molecule has 0 bridgehead atoms. The predicted molar refractivity (Wildman–Crippen MR) is 111 cm³/mol. The highest BCUT2D eigenvalue weighted by atomic mass is 35.5. The quantitative estimate of drug-likeness (QED) is 0.778. The first kappa shape index (κ1) is 20.0. The molecule has 2 fully saturated rings. The largest absolute Gasteiger partial charge is 0.486 e. The summed E-state index contributed by atoms with van der Waals surface area (Å²) in [5.74, 6) is 2.26. The molecule has 2 aliphatic heterocycles. The van der Waals surface area contributed by atoms with E-state index in [1.165, 1.54) is 0 Å². The molecule has 8 heteroatoms. The number of aromatic nitrogens is 2. The van der Waals surface area contributed by atoms with E-state index < -0.39 is 0 Å². The van der Waals surface area contributed by atoms with E-state index in [1.807, 2.05) is 31.6 Å². The first-order valence-electron chi connectivity index (χ1n) is 10.1. The molecule has 1 aliphatic carbocycles. The Hall–Kier alpha value is -2.25. The van der Waals surface area contributed by atoms with Crippen molar-refractivity contribution in [2.45, 2.75) is 24.8 Å². The Labute approximate surface area is 176 Å². The molecule has 0 spiro atoms. The lowest BCUT2D eigenvalue weighted by Gasteiger charge is -2.25. The van der Waals surface area contributed by atoms with Crippen molar-refractivity contribution in [1.82, 2.24) is 20.4 Å². The summed E-state index contributed by atoms with van der Waals surface area (Å²) in [4.78, 5) is 13.2. The minimum atomic E-state index is -0.0809. The molecule has 5 rings (SSSR count). The van der Waals surface area contributed by atoms with Crippen LogP contribution in [0.15, 0.2) is 30.6 Å². The summed E-state index contributed by atoms with van der Waals surface area (Å²) < 4.78 is 13.2. The topological polar surface area (TPSA) is 77.4 Å². The standard InChI is InChI=1S/C21H26N4O3.ClH/c1-25-12-15(9-23-25)16-10-22-11-17(16)21(26)24-20(13-2-3-13)14-4-5-18-19(8-14)28-7-6-27-18;/h4-5,8-9,12-13,16-17,20,22H,2-3,6-7,10-11H2,1H3,(H,24,26);1H/t16-,17+,20?;/m1./s1.